The van der Waals surface area contributed by atoms with Crippen LogP contribution in [0, 0.1) is 5.92 Å². The van der Waals surface area contributed by atoms with E-state index in [1.54, 1.807) is 35.9 Å². The molecule has 0 saturated heterocycles. The third kappa shape index (κ3) is 3.61. The maximum absolute atomic E-state index is 12.2. The molecule has 0 unspecified atom stereocenters. The van der Waals surface area contributed by atoms with Crippen LogP contribution in [0.4, 0.5) is 10.5 Å². The quantitative estimate of drug-likeness (QED) is 0.889. The van der Waals surface area contributed by atoms with Crippen LogP contribution in [0.1, 0.15) is 36.6 Å². The van der Waals surface area contributed by atoms with Gasteiger partial charge in [0.25, 0.3) is 0 Å². The number of carbonyl (C=O) groups excluding carboxylic acids is 1. The molecule has 0 aromatic carbocycles. The summed E-state index contributed by atoms with van der Waals surface area (Å²) in [6.07, 6.45) is 8.25. The molecule has 2 N–H and O–H groups in total. The van der Waals surface area contributed by atoms with Crippen LogP contribution >= 0.6 is 11.3 Å². The Hall–Kier alpha value is -1.88. The van der Waals surface area contributed by atoms with E-state index in [0.29, 0.717) is 5.92 Å². The Morgan fingerprint density at radius 2 is 2.00 bits per heavy atom. The number of anilines is 1. The number of carbonyl (C=O) groups is 1. The van der Waals surface area contributed by atoms with Gasteiger partial charge in [-0.3, -0.25) is 4.98 Å². The minimum atomic E-state index is -0.147. The van der Waals surface area contributed by atoms with Gasteiger partial charge < -0.3 is 10.6 Å². The van der Waals surface area contributed by atoms with Crippen LogP contribution in [0.5, 0.6) is 0 Å². The van der Waals surface area contributed by atoms with Gasteiger partial charge in [-0.05, 0) is 42.3 Å². The second kappa shape index (κ2) is 6.72. The maximum Gasteiger partial charge on any atom is 0.319 e. The SMILES string of the molecule is O=C(Nc1ccncc1)N[C@H](c1cccs1)C1CCCC1. The number of urea groups is 1. The predicted octanol–water partition coefficient (Wildman–Crippen LogP) is 4.20. The van der Waals surface area contributed by atoms with Crippen LogP contribution in [0.25, 0.3) is 0 Å². The van der Waals surface area contributed by atoms with Crippen LogP contribution in [0.15, 0.2) is 42.0 Å². The third-order valence-electron chi connectivity index (χ3n) is 3.95. The molecule has 1 fully saturated rings. The van der Waals surface area contributed by atoms with Crippen molar-refractivity contribution in [1.29, 1.82) is 0 Å². The summed E-state index contributed by atoms with van der Waals surface area (Å²) in [6.45, 7) is 0. The summed E-state index contributed by atoms with van der Waals surface area (Å²) in [7, 11) is 0. The summed E-state index contributed by atoms with van der Waals surface area (Å²) in [5, 5.41) is 8.09. The van der Waals surface area contributed by atoms with Gasteiger partial charge in [0.1, 0.15) is 0 Å². The number of aromatic nitrogens is 1. The van der Waals surface area contributed by atoms with E-state index in [1.165, 1.54) is 30.6 Å². The minimum absolute atomic E-state index is 0.120. The van der Waals surface area contributed by atoms with E-state index in [1.807, 2.05) is 6.07 Å². The zero-order chi connectivity index (χ0) is 14.5. The number of hydrogen-bond donors (Lipinski definition) is 2. The summed E-state index contributed by atoms with van der Waals surface area (Å²) in [5.74, 6) is 0.548. The van der Waals surface area contributed by atoms with Crippen molar-refractivity contribution in [2.75, 3.05) is 5.32 Å². The van der Waals surface area contributed by atoms with Crippen LogP contribution in [0.2, 0.25) is 0 Å². The summed E-state index contributed by atoms with van der Waals surface area (Å²) in [6, 6.07) is 7.70. The molecule has 1 saturated carbocycles. The van der Waals surface area contributed by atoms with E-state index in [9.17, 15) is 4.79 Å². The van der Waals surface area contributed by atoms with E-state index < -0.39 is 0 Å². The van der Waals surface area contributed by atoms with Gasteiger partial charge >= 0.3 is 6.03 Å². The first kappa shape index (κ1) is 14.1. The summed E-state index contributed by atoms with van der Waals surface area (Å²) in [4.78, 5) is 17.4. The average molecular weight is 301 g/mol. The smallest absolute Gasteiger partial charge is 0.319 e. The largest absolute Gasteiger partial charge is 0.330 e. The predicted molar refractivity (Wildman–Crippen MR) is 85.4 cm³/mol. The number of nitrogens with one attached hydrogen (secondary N) is 2. The van der Waals surface area contributed by atoms with Crippen molar-refractivity contribution < 1.29 is 4.79 Å². The first-order chi connectivity index (χ1) is 10.3. The Kier molecular flexibility index (Phi) is 4.50. The molecule has 2 aromatic rings. The van der Waals surface area contributed by atoms with Crippen LogP contribution < -0.4 is 10.6 Å². The normalized spacial score (nSPS) is 16.6. The fraction of sp³-hybridized carbons (Fsp3) is 0.375. The number of rotatable bonds is 4. The zero-order valence-electron chi connectivity index (χ0n) is 11.8. The summed E-state index contributed by atoms with van der Waals surface area (Å²) < 4.78 is 0. The lowest BCUT2D eigenvalue weighted by atomic mass is 9.97. The van der Waals surface area contributed by atoms with E-state index in [4.69, 9.17) is 0 Å². The Balaban J connectivity index is 1.68. The Morgan fingerprint density at radius 1 is 1.24 bits per heavy atom. The molecule has 21 heavy (non-hydrogen) atoms. The second-order valence-corrected chi connectivity index (χ2v) is 6.35. The van der Waals surface area contributed by atoms with Crippen molar-refractivity contribution in [3.05, 3.63) is 46.9 Å². The van der Waals surface area contributed by atoms with Gasteiger partial charge in [0.05, 0.1) is 6.04 Å². The van der Waals surface area contributed by atoms with Crippen molar-refractivity contribution in [3.63, 3.8) is 0 Å². The molecular formula is C16H19N3OS. The van der Waals surface area contributed by atoms with E-state index >= 15 is 0 Å². The van der Waals surface area contributed by atoms with Crippen molar-refractivity contribution in [3.8, 4) is 0 Å². The third-order valence-corrected chi connectivity index (χ3v) is 4.90. The Morgan fingerprint density at radius 3 is 2.67 bits per heavy atom. The molecule has 2 amide bonds. The zero-order valence-corrected chi connectivity index (χ0v) is 12.6. The fourth-order valence-corrected chi connectivity index (χ4v) is 3.79. The highest BCUT2D eigenvalue weighted by molar-refractivity contribution is 7.10. The molecule has 5 heteroatoms. The molecule has 1 aliphatic carbocycles. The highest BCUT2D eigenvalue weighted by Crippen LogP contribution is 2.37. The van der Waals surface area contributed by atoms with Crippen LogP contribution in [-0.2, 0) is 0 Å². The standard InChI is InChI=1S/C16H19N3OS/c20-16(18-13-7-9-17-10-8-13)19-15(12-4-1-2-5-12)14-6-3-11-21-14/h3,6-12,15H,1-2,4-5H2,(H2,17,18,19,20)/t15-/m0/s1. The van der Waals surface area contributed by atoms with E-state index in [0.717, 1.165) is 5.69 Å². The Bertz CT molecular complexity index is 564. The van der Waals surface area contributed by atoms with Gasteiger partial charge in [0, 0.05) is 23.0 Å². The lowest BCUT2D eigenvalue weighted by Crippen LogP contribution is -2.35. The van der Waals surface area contributed by atoms with E-state index in [2.05, 4.69) is 27.1 Å². The first-order valence-corrected chi connectivity index (χ1v) is 8.22. The molecule has 0 spiro atoms. The van der Waals surface area contributed by atoms with Gasteiger partial charge in [-0.1, -0.05) is 18.9 Å². The van der Waals surface area contributed by atoms with Crippen molar-refractivity contribution in [1.82, 2.24) is 10.3 Å². The van der Waals surface area contributed by atoms with Crippen LogP contribution in [-0.4, -0.2) is 11.0 Å². The maximum atomic E-state index is 12.2. The minimum Gasteiger partial charge on any atom is -0.330 e. The second-order valence-electron chi connectivity index (χ2n) is 5.37. The molecule has 1 atom stereocenters. The fourth-order valence-electron chi connectivity index (χ4n) is 2.92. The molecule has 0 aliphatic heterocycles. The van der Waals surface area contributed by atoms with Gasteiger partial charge in [0.2, 0.25) is 0 Å². The van der Waals surface area contributed by atoms with Gasteiger partial charge in [0.15, 0.2) is 0 Å². The monoisotopic (exact) mass is 301 g/mol. The van der Waals surface area contributed by atoms with Crippen LogP contribution in [0.3, 0.4) is 0 Å². The number of nitrogens with zero attached hydrogens (tertiary/aromatic N) is 1. The lowest BCUT2D eigenvalue weighted by Gasteiger charge is -2.24. The van der Waals surface area contributed by atoms with Gasteiger partial charge in [-0.2, -0.15) is 0 Å². The van der Waals surface area contributed by atoms with Crippen molar-refractivity contribution in [2.24, 2.45) is 5.92 Å². The molecule has 0 radical (unpaired) electrons. The molecular weight excluding hydrogens is 282 g/mol. The highest BCUT2D eigenvalue weighted by Gasteiger charge is 2.28. The summed E-state index contributed by atoms with van der Waals surface area (Å²) >= 11 is 1.71. The molecule has 1 aliphatic rings. The number of thiophene rings is 1. The van der Waals surface area contributed by atoms with Gasteiger partial charge in [-0.15, -0.1) is 11.3 Å². The van der Waals surface area contributed by atoms with Crippen molar-refractivity contribution >= 4 is 23.1 Å². The number of amides is 2. The highest BCUT2D eigenvalue weighted by atomic mass is 32.1. The molecule has 110 valence electrons. The molecule has 2 heterocycles. The summed E-state index contributed by atoms with van der Waals surface area (Å²) in [5.41, 5.74) is 0.763. The first-order valence-electron chi connectivity index (χ1n) is 7.34. The lowest BCUT2D eigenvalue weighted by molar-refractivity contribution is 0.243. The molecule has 0 bridgehead atoms. The van der Waals surface area contributed by atoms with E-state index in [-0.39, 0.29) is 12.1 Å². The molecule has 3 rings (SSSR count). The number of hydrogen-bond acceptors (Lipinski definition) is 3. The molecule has 4 nitrogen and oxygen atoms in total. The van der Waals surface area contributed by atoms with Gasteiger partial charge in [-0.25, -0.2) is 4.79 Å². The average Bonchev–Trinajstić information content (AvgIpc) is 3.19. The topological polar surface area (TPSA) is 54.0 Å². The Labute approximate surface area is 128 Å². The number of pyridine rings is 1. The molecule has 2 aromatic heterocycles. The van der Waals surface area contributed by atoms with Crippen molar-refractivity contribution in [2.45, 2.75) is 31.7 Å².